The second-order valence-corrected chi connectivity index (χ2v) is 9.51. The van der Waals surface area contributed by atoms with Crippen molar-refractivity contribution in [2.45, 2.75) is 65.1 Å². The molecule has 3 aromatic rings. The number of imidazole rings is 1. The van der Waals surface area contributed by atoms with Gasteiger partial charge < -0.3 is 14.4 Å². The molecule has 0 saturated carbocycles. The lowest BCUT2D eigenvalue weighted by Crippen LogP contribution is -2.44. The Kier molecular flexibility index (Phi) is 6.82. The summed E-state index contributed by atoms with van der Waals surface area (Å²) in [6, 6.07) is 18.4. The largest absolute Gasteiger partial charge is 0.342 e. The third kappa shape index (κ3) is 4.95. The monoisotopic (exact) mass is 446 g/mol. The third-order valence-corrected chi connectivity index (χ3v) is 6.47. The minimum atomic E-state index is -0.0139. The first kappa shape index (κ1) is 23.0. The molecule has 33 heavy (non-hydrogen) atoms. The first-order valence-corrected chi connectivity index (χ1v) is 11.9. The highest BCUT2D eigenvalue weighted by Crippen LogP contribution is 2.31. The van der Waals surface area contributed by atoms with E-state index in [-0.39, 0.29) is 36.4 Å². The Balaban J connectivity index is 1.57. The molecule has 0 bridgehead atoms. The van der Waals surface area contributed by atoms with Gasteiger partial charge in [-0.1, -0.05) is 42.5 Å². The molecule has 1 aromatic heterocycles. The minimum Gasteiger partial charge on any atom is -0.342 e. The molecule has 174 valence electrons. The summed E-state index contributed by atoms with van der Waals surface area (Å²) in [5.74, 6) is 1.06. The van der Waals surface area contributed by atoms with Crippen molar-refractivity contribution < 1.29 is 9.59 Å². The van der Waals surface area contributed by atoms with Crippen LogP contribution in [0.4, 0.5) is 0 Å². The molecule has 0 N–H and O–H groups in total. The molecule has 0 radical (unpaired) electrons. The lowest BCUT2D eigenvalue weighted by atomic mass is 10.1. The second kappa shape index (κ2) is 9.77. The van der Waals surface area contributed by atoms with Crippen molar-refractivity contribution in [3.05, 3.63) is 66.0 Å². The van der Waals surface area contributed by atoms with Gasteiger partial charge in [0.2, 0.25) is 11.8 Å². The van der Waals surface area contributed by atoms with Crippen LogP contribution < -0.4 is 0 Å². The van der Waals surface area contributed by atoms with Crippen molar-refractivity contribution in [2.24, 2.45) is 0 Å². The lowest BCUT2D eigenvalue weighted by molar-refractivity contribution is -0.135. The molecule has 1 aliphatic rings. The highest BCUT2D eigenvalue weighted by atomic mass is 16.2. The number of nitrogens with zero attached hydrogens (tertiary/aromatic N) is 4. The number of carbonyl (C=O) groups is 2. The van der Waals surface area contributed by atoms with Gasteiger partial charge in [-0.3, -0.25) is 9.59 Å². The first-order chi connectivity index (χ1) is 15.8. The second-order valence-electron chi connectivity index (χ2n) is 9.51. The molecule has 0 spiro atoms. The van der Waals surface area contributed by atoms with Crippen LogP contribution in [0.15, 0.2) is 54.6 Å². The summed E-state index contributed by atoms with van der Waals surface area (Å²) in [7, 11) is 0. The van der Waals surface area contributed by atoms with Crippen LogP contribution in [-0.4, -0.2) is 56.3 Å². The molecule has 1 atom stereocenters. The Morgan fingerprint density at radius 3 is 2.39 bits per heavy atom. The van der Waals surface area contributed by atoms with Crippen LogP contribution in [0.1, 0.15) is 51.4 Å². The molecule has 1 unspecified atom stereocenters. The molecule has 2 heterocycles. The zero-order valence-corrected chi connectivity index (χ0v) is 20.1. The number of benzene rings is 2. The van der Waals surface area contributed by atoms with Gasteiger partial charge in [0.25, 0.3) is 0 Å². The molecule has 6 heteroatoms. The lowest BCUT2D eigenvalue weighted by Gasteiger charge is -2.31. The predicted octanol–water partition coefficient (Wildman–Crippen LogP) is 4.24. The maximum Gasteiger partial charge on any atom is 0.243 e. The summed E-state index contributed by atoms with van der Waals surface area (Å²) < 4.78 is 2.04. The van der Waals surface area contributed by atoms with Gasteiger partial charge in [-0.2, -0.15) is 0 Å². The van der Waals surface area contributed by atoms with Gasteiger partial charge in [0.05, 0.1) is 11.0 Å². The summed E-state index contributed by atoms with van der Waals surface area (Å²) in [6.07, 6.45) is 1.27. The van der Waals surface area contributed by atoms with Crippen molar-refractivity contribution in [2.75, 3.05) is 13.1 Å². The molecule has 1 aliphatic heterocycles. The fourth-order valence-corrected chi connectivity index (χ4v) is 5.03. The number of fused-ring (bicyclic) bond motifs is 1. The Labute approximate surface area is 196 Å². The van der Waals surface area contributed by atoms with E-state index in [2.05, 4.69) is 12.1 Å². The Bertz CT molecular complexity index is 1110. The maximum atomic E-state index is 13.3. The van der Waals surface area contributed by atoms with Crippen molar-refractivity contribution in [1.82, 2.24) is 19.4 Å². The number of para-hydroxylation sites is 2. The molecular formula is C27H34N4O2. The molecule has 0 aliphatic carbocycles. The van der Waals surface area contributed by atoms with E-state index in [1.54, 1.807) is 0 Å². The number of carbonyl (C=O) groups excluding carboxylic acids is 2. The van der Waals surface area contributed by atoms with Gasteiger partial charge in [-0.15, -0.1) is 0 Å². The normalized spacial score (nSPS) is 16.4. The van der Waals surface area contributed by atoms with Crippen molar-refractivity contribution >= 4 is 22.8 Å². The summed E-state index contributed by atoms with van der Waals surface area (Å²) in [5, 5.41) is 0. The van der Waals surface area contributed by atoms with Crippen molar-refractivity contribution in [3.63, 3.8) is 0 Å². The zero-order valence-electron chi connectivity index (χ0n) is 20.1. The van der Waals surface area contributed by atoms with Crippen LogP contribution in [0.25, 0.3) is 11.0 Å². The van der Waals surface area contributed by atoms with Crippen LogP contribution >= 0.6 is 0 Å². The van der Waals surface area contributed by atoms with Crippen molar-refractivity contribution in [1.29, 1.82) is 0 Å². The fraction of sp³-hybridized carbons (Fsp3) is 0.444. The van der Waals surface area contributed by atoms with E-state index in [4.69, 9.17) is 4.98 Å². The quantitative estimate of drug-likeness (QED) is 0.520. The standard InChI is InChI=1S/C27H34N4O2/c1-19(2)31(20(3)4)26(33)18-30-24-13-9-8-12-23(24)28-27(30)22-16-25(32)29(17-22)15-14-21-10-6-5-7-11-21/h5-13,19-20,22H,14-18H2,1-4H3. The number of amides is 2. The number of hydrogen-bond donors (Lipinski definition) is 0. The van der Waals surface area contributed by atoms with Crippen molar-refractivity contribution in [3.8, 4) is 0 Å². The summed E-state index contributed by atoms with van der Waals surface area (Å²) in [4.78, 5) is 34.9. The van der Waals surface area contributed by atoms with Gasteiger partial charge in [0, 0.05) is 37.5 Å². The Hall–Kier alpha value is -3.15. The topological polar surface area (TPSA) is 58.4 Å². The Morgan fingerprint density at radius 1 is 1.03 bits per heavy atom. The van der Waals surface area contributed by atoms with E-state index in [1.807, 2.05) is 84.5 Å². The number of aromatic nitrogens is 2. The first-order valence-electron chi connectivity index (χ1n) is 11.9. The highest BCUT2D eigenvalue weighted by molar-refractivity contribution is 5.83. The zero-order chi connectivity index (χ0) is 23.5. The summed E-state index contributed by atoms with van der Waals surface area (Å²) in [6.45, 7) is 9.77. The number of rotatable bonds is 8. The summed E-state index contributed by atoms with van der Waals surface area (Å²) >= 11 is 0. The fourth-order valence-electron chi connectivity index (χ4n) is 5.03. The minimum absolute atomic E-state index is 0.0139. The van der Waals surface area contributed by atoms with E-state index >= 15 is 0 Å². The molecule has 1 fully saturated rings. The molecule has 4 rings (SSSR count). The average molecular weight is 447 g/mol. The Morgan fingerprint density at radius 2 is 1.70 bits per heavy atom. The molecule has 6 nitrogen and oxygen atoms in total. The van der Waals surface area contributed by atoms with Crippen LogP contribution in [0.5, 0.6) is 0 Å². The van der Waals surface area contributed by atoms with E-state index < -0.39 is 0 Å². The SMILES string of the molecule is CC(C)N(C(=O)Cn1c(C2CC(=O)N(CCc3ccccc3)C2)nc2ccccc21)C(C)C. The van der Waals surface area contributed by atoms with Gasteiger partial charge >= 0.3 is 0 Å². The molecular weight excluding hydrogens is 412 g/mol. The van der Waals surface area contributed by atoms with E-state index in [0.29, 0.717) is 19.5 Å². The van der Waals surface area contributed by atoms with Gasteiger partial charge in [-0.25, -0.2) is 4.98 Å². The van der Waals surface area contributed by atoms with E-state index in [1.165, 1.54) is 5.56 Å². The van der Waals surface area contributed by atoms with Crippen LogP contribution in [0, 0.1) is 0 Å². The van der Waals surface area contributed by atoms with E-state index in [0.717, 1.165) is 23.3 Å². The molecule has 1 saturated heterocycles. The van der Waals surface area contributed by atoms with Crippen LogP contribution in [0.3, 0.4) is 0 Å². The number of likely N-dealkylation sites (tertiary alicyclic amines) is 1. The molecule has 2 aromatic carbocycles. The highest BCUT2D eigenvalue weighted by Gasteiger charge is 2.34. The average Bonchev–Trinajstić information content (AvgIpc) is 3.33. The van der Waals surface area contributed by atoms with Crippen LogP contribution in [0.2, 0.25) is 0 Å². The molecule has 2 amide bonds. The van der Waals surface area contributed by atoms with Crippen LogP contribution in [-0.2, 0) is 22.6 Å². The predicted molar refractivity (Wildman–Crippen MR) is 131 cm³/mol. The van der Waals surface area contributed by atoms with Gasteiger partial charge in [-0.05, 0) is 51.8 Å². The summed E-state index contributed by atoms with van der Waals surface area (Å²) in [5.41, 5.74) is 3.05. The maximum absolute atomic E-state index is 13.3. The van der Waals surface area contributed by atoms with E-state index in [9.17, 15) is 9.59 Å². The third-order valence-electron chi connectivity index (χ3n) is 6.47. The number of hydrogen-bond acceptors (Lipinski definition) is 3. The van der Waals surface area contributed by atoms with Gasteiger partial charge in [0.1, 0.15) is 12.4 Å². The smallest absolute Gasteiger partial charge is 0.243 e. The van der Waals surface area contributed by atoms with Gasteiger partial charge in [0.15, 0.2) is 0 Å².